The van der Waals surface area contributed by atoms with E-state index in [0.29, 0.717) is 0 Å². The normalized spacial score (nSPS) is 5.77. The molecule has 0 unspecified atom stereocenters. The van der Waals surface area contributed by atoms with E-state index in [1.54, 1.807) is 0 Å². The Labute approximate surface area is 127 Å². The standard InChI is InChI=1S/Eu.9O.3V/q+3;;;;;;;3*-1;;;. The zero-order valence-electron chi connectivity index (χ0n) is 5.39. The summed E-state index contributed by atoms with van der Waals surface area (Å²) in [5, 5.41) is 0. The Morgan fingerprint density at radius 1 is 0.538 bits per heavy atom. The van der Waals surface area contributed by atoms with Crippen molar-refractivity contribution in [3.8, 4) is 0 Å². The van der Waals surface area contributed by atoms with E-state index in [9.17, 15) is 0 Å². The first-order valence-electron chi connectivity index (χ1n) is 1.64. The minimum atomic E-state index is -3.94. The summed E-state index contributed by atoms with van der Waals surface area (Å²) in [6.45, 7) is 0. The fraction of sp³-hybridized carbons (Fsp3) is 0. The molecule has 76 valence electrons. The van der Waals surface area contributed by atoms with Crippen molar-refractivity contribution in [2.75, 3.05) is 0 Å². The molecule has 0 N–H and O–H groups in total. The zero-order chi connectivity index (χ0) is 10.7. The van der Waals surface area contributed by atoms with Gasteiger partial charge in [0, 0.05) is 0 Å². The van der Waals surface area contributed by atoms with Crippen LogP contribution in [0.15, 0.2) is 0 Å². The van der Waals surface area contributed by atoms with Crippen LogP contribution in [0.2, 0.25) is 0 Å². The summed E-state index contributed by atoms with van der Waals surface area (Å²) in [5.41, 5.74) is 0. The van der Waals surface area contributed by atoms with Crippen LogP contribution in [-0.2, 0) is 68.2 Å². The van der Waals surface area contributed by atoms with Gasteiger partial charge in [0.25, 0.3) is 0 Å². The molecule has 0 rings (SSSR count). The van der Waals surface area contributed by atoms with Crippen molar-refractivity contribution in [1.82, 2.24) is 0 Å². The van der Waals surface area contributed by atoms with Crippen LogP contribution in [0, 0.1) is 49.4 Å². The van der Waals surface area contributed by atoms with Crippen molar-refractivity contribution in [3.05, 3.63) is 0 Å². The predicted molar refractivity (Wildman–Crippen MR) is 4.12 cm³/mol. The molecule has 9 nitrogen and oxygen atoms in total. The first-order chi connectivity index (χ1) is 5.20. The van der Waals surface area contributed by atoms with Gasteiger partial charge in [-0.1, -0.05) is 0 Å². The zero-order valence-corrected chi connectivity index (χ0v) is 12.0. The Hall–Kier alpha value is 2.02. The van der Waals surface area contributed by atoms with Gasteiger partial charge < -0.3 is 0 Å². The van der Waals surface area contributed by atoms with E-state index >= 15 is 0 Å². The molecule has 0 radical (unpaired) electrons. The van der Waals surface area contributed by atoms with Gasteiger partial charge in [0.05, 0.1) is 0 Å². The molecule has 0 aromatic heterocycles. The van der Waals surface area contributed by atoms with E-state index in [-0.39, 0.29) is 49.4 Å². The molecule has 0 aliphatic rings. The predicted octanol–water partition coefficient (Wildman–Crippen LogP) is -4.29. The molecule has 0 saturated carbocycles. The molecule has 0 aromatic carbocycles. The van der Waals surface area contributed by atoms with E-state index in [4.69, 9.17) is 34.1 Å². The molecular formula is EuO9V3. The van der Waals surface area contributed by atoms with E-state index < -0.39 is 46.2 Å². The van der Waals surface area contributed by atoms with Crippen LogP contribution in [0.4, 0.5) is 0 Å². The van der Waals surface area contributed by atoms with Crippen LogP contribution in [0.25, 0.3) is 0 Å². The molecule has 0 atom stereocenters. The van der Waals surface area contributed by atoms with Crippen LogP contribution in [0.1, 0.15) is 0 Å². The third-order valence-electron chi connectivity index (χ3n) is 0. The van der Waals surface area contributed by atoms with Crippen LogP contribution >= 0.6 is 0 Å². The summed E-state index contributed by atoms with van der Waals surface area (Å²) in [7, 11) is 0. The molecule has 13 heavy (non-hydrogen) atoms. The first-order valence-corrected chi connectivity index (χ1v) is 6.77. The van der Waals surface area contributed by atoms with Gasteiger partial charge in [0.15, 0.2) is 0 Å². The average Bonchev–Trinajstić information content (AvgIpc) is 1.54. The molecule has 0 aliphatic carbocycles. The summed E-state index contributed by atoms with van der Waals surface area (Å²) in [6.07, 6.45) is 0. The molecule has 0 heterocycles. The Morgan fingerprint density at radius 3 is 0.538 bits per heavy atom. The van der Waals surface area contributed by atoms with E-state index in [0.717, 1.165) is 0 Å². The molecule has 0 aliphatic heterocycles. The van der Waals surface area contributed by atoms with E-state index in [1.807, 2.05) is 0 Å². The molecule has 0 fully saturated rings. The molecule has 0 aromatic rings. The van der Waals surface area contributed by atoms with Gasteiger partial charge in [-0.2, -0.15) is 0 Å². The van der Waals surface area contributed by atoms with Gasteiger partial charge in [-0.25, -0.2) is 0 Å². The van der Waals surface area contributed by atoms with Crippen LogP contribution < -0.4 is 12.1 Å². The third-order valence-corrected chi connectivity index (χ3v) is 0. The Balaban J connectivity index is -0.0000000450. The minimum absolute atomic E-state index is 0. The van der Waals surface area contributed by atoms with Crippen LogP contribution in [-0.4, -0.2) is 0 Å². The summed E-state index contributed by atoms with van der Waals surface area (Å²) in [6, 6.07) is 0. The maximum absolute atomic E-state index is 8.56. The fourth-order valence-corrected chi connectivity index (χ4v) is 0. The SMILES string of the molecule is [Eu+3].[O]=[V](=[O])[O-].[O]=[V](=[O])[O-].[O]=[V](=[O])[O-]. The average molecular weight is 449 g/mol. The van der Waals surface area contributed by atoms with E-state index in [2.05, 4.69) is 0 Å². The van der Waals surface area contributed by atoms with Crippen LogP contribution in [0.3, 0.4) is 0 Å². The number of hydrogen-bond donors (Lipinski definition) is 0. The van der Waals surface area contributed by atoms with Crippen molar-refractivity contribution in [1.29, 1.82) is 0 Å². The molecule has 0 saturated heterocycles. The Morgan fingerprint density at radius 2 is 0.538 bits per heavy atom. The monoisotopic (exact) mass is 450 g/mol. The maximum atomic E-state index is 8.56. The Bertz CT molecular complexity index is 208. The van der Waals surface area contributed by atoms with Crippen molar-refractivity contribution < 1.29 is 130 Å². The second-order valence-electron chi connectivity index (χ2n) is 0.671. The molecule has 13 heteroatoms. The summed E-state index contributed by atoms with van der Waals surface area (Å²) in [5.74, 6) is 0. The van der Waals surface area contributed by atoms with Crippen molar-refractivity contribution in [3.63, 3.8) is 0 Å². The van der Waals surface area contributed by atoms with Gasteiger partial charge in [-0.3, -0.25) is 0 Å². The van der Waals surface area contributed by atoms with Crippen molar-refractivity contribution >= 4 is 0 Å². The van der Waals surface area contributed by atoms with Gasteiger partial charge in [-0.15, -0.1) is 0 Å². The summed E-state index contributed by atoms with van der Waals surface area (Å²) >= 11 is -11.8. The molecular weight excluding hydrogens is 449 g/mol. The Kier molecular flexibility index (Phi) is 36.6. The second kappa shape index (κ2) is 19.6. The molecule has 0 spiro atoms. The molecule has 0 amide bonds. The van der Waals surface area contributed by atoms with Crippen molar-refractivity contribution in [2.24, 2.45) is 0 Å². The van der Waals surface area contributed by atoms with Gasteiger partial charge >= 0.3 is 130 Å². The summed E-state index contributed by atoms with van der Waals surface area (Å²) < 4.78 is 77.1. The fourth-order valence-electron chi connectivity index (χ4n) is 0. The van der Waals surface area contributed by atoms with Gasteiger partial charge in [-0.05, 0) is 0 Å². The topological polar surface area (TPSA) is 172 Å². The first kappa shape index (κ1) is 24.3. The van der Waals surface area contributed by atoms with Gasteiger partial charge in [0.2, 0.25) is 0 Å². The number of rotatable bonds is 0. The summed E-state index contributed by atoms with van der Waals surface area (Å²) in [4.78, 5) is 0. The molecule has 0 bridgehead atoms. The van der Waals surface area contributed by atoms with Gasteiger partial charge in [0.1, 0.15) is 0 Å². The number of hydrogen-bond acceptors (Lipinski definition) is 9. The second-order valence-corrected chi connectivity index (χ2v) is 2.77. The van der Waals surface area contributed by atoms with Crippen molar-refractivity contribution in [2.45, 2.75) is 0 Å². The quantitative estimate of drug-likeness (QED) is 0.355. The van der Waals surface area contributed by atoms with Crippen LogP contribution in [0.5, 0.6) is 0 Å². The van der Waals surface area contributed by atoms with E-state index in [1.165, 1.54) is 0 Å². The third kappa shape index (κ3) is 497.